The standard InChI is InChI=1S/C26H33N2O3Si/c1-7-30-23(29)16-14-19-24-21(17-20(26(2,3)4)25(19)31-32(5)6)27-22(28-24)15-13-18-11-9-8-10-12-18/h8-12,14,16-17H,7,13,15H2,1-6H3,(H,27,28). The molecule has 0 saturated heterocycles. The molecule has 0 bridgehead atoms. The van der Waals surface area contributed by atoms with Gasteiger partial charge in [0.1, 0.15) is 11.6 Å². The molecule has 0 saturated carbocycles. The molecule has 0 aliphatic heterocycles. The van der Waals surface area contributed by atoms with Gasteiger partial charge in [0.2, 0.25) is 0 Å². The summed E-state index contributed by atoms with van der Waals surface area (Å²) in [5.74, 6) is 1.36. The van der Waals surface area contributed by atoms with E-state index in [1.54, 1.807) is 13.0 Å². The van der Waals surface area contributed by atoms with Gasteiger partial charge in [0, 0.05) is 23.6 Å². The molecule has 0 fully saturated rings. The summed E-state index contributed by atoms with van der Waals surface area (Å²) < 4.78 is 11.5. The Labute approximate surface area is 192 Å². The molecule has 6 heteroatoms. The number of rotatable bonds is 8. The second-order valence-corrected chi connectivity index (χ2v) is 11.1. The number of hydrogen-bond acceptors (Lipinski definition) is 4. The average molecular weight is 450 g/mol. The van der Waals surface area contributed by atoms with E-state index in [2.05, 4.69) is 69.2 Å². The maximum Gasteiger partial charge on any atom is 0.330 e. The highest BCUT2D eigenvalue weighted by molar-refractivity contribution is 6.49. The van der Waals surface area contributed by atoms with E-state index in [9.17, 15) is 4.79 Å². The van der Waals surface area contributed by atoms with Crippen LogP contribution in [0, 0.1) is 0 Å². The van der Waals surface area contributed by atoms with Crippen LogP contribution >= 0.6 is 0 Å². The third-order valence-electron chi connectivity index (χ3n) is 5.09. The van der Waals surface area contributed by atoms with Crippen LogP contribution in [-0.4, -0.2) is 31.6 Å². The third-order valence-corrected chi connectivity index (χ3v) is 5.71. The van der Waals surface area contributed by atoms with Gasteiger partial charge in [-0.15, -0.1) is 0 Å². The lowest BCUT2D eigenvalue weighted by Crippen LogP contribution is -2.19. The van der Waals surface area contributed by atoms with E-state index >= 15 is 0 Å². The number of benzene rings is 2. The van der Waals surface area contributed by atoms with Crippen LogP contribution in [-0.2, 0) is 27.8 Å². The average Bonchev–Trinajstić information content (AvgIpc) is 3.14. The first-order valence-corrected chi connectivity index (χ1v) is 13.5. The van der Waals surface area contributed by atoms with E-state index in [0.29, 0.717) is 6.61 Å². The zero-order valence-electron chi connectivity index (χ0n) is 19.9. The molecule has 0 aliphatic carbocycles. The molecule has 0 amide bonds. The Morgan fingerprint density at radius 1 is 1.16 bits per heavy atom. The monoisotopic (exact) mass is 449 g/mol. The number of esters is 1. The van der Waals surface area contributed by atoms with Gasteiger partial charge in [0.15, 0.2) is 0 Å². The molecule has 1 N–H and O–H groups in total. The van der Waals surface area contributed by atoms with Crippen molar-refractivity contribution in [2.24, 2.45) is 0 Å². The Balaban J connectivity index is 2.11. The van der Waals surface area contributed by atoms with Crippen molar-refractivity contribution < 1.29 is 14.0 Å². The lowest BCUT2D eigenvalue weighted by atomic mass is 9.84. The molecule has 32 heavy (non-hydrogen) atoms. The molecule has 0 atom stereocenters. The summed E-state index contributed by atoms with van der Waals surface area (Å²) in [6.45, 7) is 12.9. The lowest BCUT2D eigenvalue weighted by Gasteiger charge is -2.26. The molecular formula is C26H33N2O3Si. The van der Waals surface area contributed by atoms with Crippen molar-refractivity contribution in [1.82, 2.24) is 9.97 Å². The van der Waals surface area contributed by atoms with Crippen LogP contribution in [0.5, 0.6) is 5.75 Å². The van der Waals surface area contributed by atoms with Crippen LogP contribution in [0.3, 0.4) is 0 Å². The van der Waals surface area contributed by atoms with Gasteiger partial charge in [0.25, 0.3) is 9.04 Å². The molecule has 0 spiro atoms. The first-order valence-electron chi connectivity index (χ1n) is 11.1. The van der Waals surface area contributed by atoms with Gasteiger partial charge in [-0.05, 0) is 49.6 Å². The van der Waals surface area contributed by atoms with E-state index in [0.717, 1.165) is 46.6 Å². The minimum Gasteiger partial charge on any atom is -0.542 e. The summed E-state index contributed by atoms with van der Waals surface area (Å²) in [4.78, 5) is 20.5. The number of hydrogen-bond donors (Lipinski definition) is 1. The molecule has 169 valence electrons. The second-order valence-electron chi connectivity index (χ2n) is 9.08. The van der Waals surface area contributed by atoms with Gasteiger partial charge in [-0.1, -0.05) is 51.1 Å². The van der Waals surface area contributed by atoms with Gasteiger partial charge in [0.05, 0.1) is 17.6 Å². The van der Waals surface area contributed by atoms with Gasteiger partial charge >= 0.3 is 5.97 Å². The number of nitrogens with zero attached hydrogens (tertiary/aromatic N) is 1. The SMILES string of the molecule is CCOC(=O)C=Cc1c(O[Si](C)C)c(C(C)(C)C)cc2[nH]c(CCc3ccccc3)nc12. The summed E-state index contributed by atoms with van der Waals surface area (Å²) in [7, 11) is -1.03. The second kappa shape index (κ2) is 10.2. The smallest absolute Gasteiger partial charge is 0.330 e. The van der Waals surface area contributed by atoms with E-state index < -0.39 is 9.04 Å². The largest absolute Gasteiger partial charge is 0.542 e. The Morgan fingerprint density at radius 3 is 2.50 bits per heavy atom. The number of carbonyl (C=O) groups is 1. The Hall–Kier alpha value is -2.86. The topological polar surface area (TPSA) is 64.2 Å². The fraction of sp³-hybridized carbons (Fsp3) is 0.385. The minimum atomic E-state index is -1.03. The highest BCUT2D eigenvalue weighted by atomic mass is 28.3. The summed E-state index contributed by atoms with van der Waals surface area (Å²) >= 11 is 0. The van der Waals surface area contributed by atoms with Crippen LogP contribution in [0.25, 0.3) is 17.1 Å². The first kappa shape index (κ1) is 23.8. The molecule has 3 rings (SSSR count). The van der Waals surface area contributed by atoms with Crippen molar-refractivity contribution in [2.75, 3.05) is 6.61 Å². The predicted octanol–water partition coefficient (Wildman–Crippen LogP) is 5.85. The number of ether oxygens (including phenoxy) is 1. The number of H-pyrrole nitrogens is 1. The zero-order valence-corrected chi connectivity index (χ0v) is 20.9. The highest BCUT2D eigenvalue weighted by Crippen LogP contribution is 2.39. The number of carbonyl (C=O) groups excluding carboxylic acids is 1. The van der Waals surface area contributed by atoms with Gasteiger partial charge in [-0.3, -0.25) is 0 Å². The molecular weight excluding hydrogens is 416 g/mol. The van der Waals surface area contributed by atoms with Crippen LogP contribution in [0.15, 0.2) is 42.5 Å². The van der Waals surface area contributed by atoms with Crippen molar-refractivity contribution in [2.45, 2.75) is 59.0 Å². The van der Waals surface area contributed by atoms with E-state index in [-0.39, 0.29) is 11.4 Å². The fourth-order valence-electron chi connectivity index (χ4n) is 3.60. The van der Waals surface area contributed by atoms with Crippen LogP contribution in [0.2, 0.25) is 13.1 Å². The van der Waals surface area contributed by atoms with Gasteiger partial charge in [-0.2, -0.15) is 0 Å². The van der Waals surface area contributed by atoms with Crippen LogP contribution < -0.4 is 4.43 Å². The number of aromatic nitrogens is 2. The van der Waals surface area contributed by atoms with Crippen LogP contribution in [0.4, 0.5) is 0 Å². The van der Waals surface area contributed by atoms with Crippen molar-refractivity contribution in [1.29, 1.82) is 0 Å². The number of nitrogens with one attached hydrogen (secondary N) is 1. The molecule has 1 heterocycles. The summed E-state index contributed by atoms with van der Waals surface area (Å²) in [5, 5.41) is 0. The van der Waals surface area contributed by atoms with Gasteiger partial charge < -0.3 is 14.1 Å². The summed E-state index contributed by atoms with van der Waals surface area (Å²) in [5.41, 5.74) is 4.84. The first-order chi connectivity index (χ1) is 15.2. The number of aryl methyl sites for hydroxylation is 2. The fourth-order valence-corrected chi connectivity index (χ4v) is 4.23. The molecule has 5 nitrogen and oxygen atoms in total. The number of imidazole rings is 1. The molecule has 2 aromatic carbocycles. The number of aromatic amines is 1. The summed E-state index contributed by atoms with van der Waals surface area (Å²) in [6.07, 6.45) is 4.96. The zero-order chi connectivity index (χ0) is 23.3. The third kappa shape index (κ3) is 5.88. The van der Waals surface area contributed by atoms with Crippen molar-refractivity contribution in [3.8, 4) is 5.75 Å². The van der Waals surface area contributed by atoms with E-state index in [1.165, 1.54) is 11.6 Å². The normalized spacial score (nSPS) is 12.1. The lowest BCUT2D eigenvalue weighted by molar-refractivity contribution is -0.137. The van der Waals surface area contributed by atoms with E-state index in [4.69, 9.17) is 14.1 Å². The van der Waals surface area contributed by atoms with Crippen molar-refractivity contribution >= 4 is 32.1 Å². The minimum absolute atomic E-state index is 0.136. The molecule has 3 aromatic rings. The highest BCUT2D eigenvalue weighted by Gasteiger charge is 2.25. The molecule has 0 unspecified atom stereocenters. The Morgan fingerprint density at radius 2 is 1.88 bits per heavy atom. The van der Waals surface area contributed by atoms with E-state index in [1.807, 2.05) is 6.07 Å². The summed E-state index contributed by atoms with van der Waals surface area (Å²) in [6, 6.07) is 12.5. The molecule has 0 aliphatic rings. The molecule has 1 radical (unpaired) electrons. The van der Waals surface area contributed by atoms with Crippen molar-refractivity contribution in [3.63, 3.8) is 0 Å². The van der Waals surface area contributed by atoms with Crippen molar-refractivity contribution in [3.05, 3.63) is 65.0 Å². The molecule has 1 aromatic heterocycles. The number of fused-ring (bicyclic) bond motifs is 1. The Bertz CT molecular complexity index is 1100. The van der Waals surface area contributed by atoms with Crippen LogP contribution in [0.1, 0.15) is 50.2 Å². The maximum absolute atomic E-state index is 12.1. The van der Waals surface area contributed by atoms with Gasteiger partial charge in [-0.25, -0.2) is 9.78 Å². The quantitative estimate of drug-likeness (QED) is 0.266. The maximum atomic E-state index is 12.1. The predicted molar refractivity (Wildman–Crippen MR) is 132 cm³/mol. The Kier molecular flexibility index (Phi) is 7.56.